The van der Waals surface area contributed by atoms with Crippen LogP contribution in [0.15, 0.2) is 52.9 Å². The molecule has 0 saturated heterocycles. The molecule has 146 valence electrons. The van der Waals surface area contributed by atoms with Gasteiger partial charge < -0.3 is 0 Å². The highest BCUT2D eigenvalue weighted by Crippen LogP contribution is 2.24. The summed E-state index contributed by atoms with van der Waals surface area (Å²) in [6, 6.07) is 11.9. The molecular formula is C17H14ClFN4O3S2. The van der Waals surface area contributed by atoms with Crippen LogP contribution in [0.4, 0.5) is 9.52 Å². The van der Waals surface area contributed by atoms with Gasteiger partial charge in [-0.2, -0.15) is 4.31 Å². The Morgan fingerprint density at radius 3 is 2.61 bits per heavy atom. The number of amides is 1. The second kappa shape index (κ2) is 8.31. The topological polar surface area (TPSA) is 92.3 Å². The third-order valence-electron chi connectivity index (χ3n) is 3.66. The maximum atomic E-state index is 13.2. The van der Waals surface area contributed by atoms with Crippen LogP contribution in [0.5, 0.6) is 0 Å². The highest BCUT2D eigenvalue weighted by molar-refractivity contribution is 7.91. The summed E-state index contributed by atoms with van der Waals surface area (Å²) in [5.41, 5.74) is 0.832. The molecule has 0 unspecified atom stereocenters. The van der Waals surface area contributed by atoms with Crippen molar-refractivity contribution in [2.75, 3.05) is 12.4 Å². The fourth-order valence-corrected chi connectivity index (χ4v) is 4.60. The maximum Gasteiger partial charge on any atom is 0.272 e. The average Bonchev–Trinajstić information content (AvgIpc) is 3.13. The summed E-state index contributed by atoms with van der Waals surface area (Å²) in [6.45, 7) is 0.115. The molecule has 0 spiro atoms. The van der Waals surface area contributed by atoms with E-state index >= 15 is 0 Å². The number of sulfonamides is 1. The molecule has 1 N–H and O–H groups in total. The van der Waals surface area contributed by atoms with Gasteiger partial charge in [0.2, 0.25) is 9.47 Å². The number of aromatic nitrogens is 2. The Labute approximate surface area is 169 Å². The number of carbonyl (C=O) groups excluding carboxylic acids is 1. The molecule has 2 aromatic carbocycles. The first kappa shape index (κ1) is 20.3. The highest BCUT2D eigenvalue weighted by atomic mass is 35.5. The normalized spacial score (nSPS) is 11.6. The van der Waals surface area contributed by atoms with E-state index in [1.807, 2.05) is 0 Å². The summed E-state index contributed by atoms with van der Waals surface area (Å²) in [5, 5.41) is 10.3. The van der Waals surface area contributed by atoms with E-state index in [0.29, 0.717) is 16.4 Å². The summed E-state index contributed by atoms with van der Waals surface area (Å²) in [7, 11) is -2.49. The quantitative estimate of drug-likeness (QED) is 0.593. The minimum absolute atomic E-state index is 0.00673. The number of hydrogen-bond acceptors (Lipinski definition) is 6. The van der Waals surface area contributed by atoms with Crippen LogP contribution >= 0.6 is 22.9 Å². The molecule has 0 aliphatic rings. The first-order valence-electron chi connectivity index (χ1n) is 7.87. The van der Waals surface area contributed by atoms with Crippen molar-refractivity contribution in [1.82, 2.24) is 14.5 Å². The zero-order chi connectivity index (χ0) is 20.3. The number of nitrogens with one attached hydrogen (secondary N) is 1. The van der Waals surface area contributed by atoms with Crippen LogP contribution in [-0.2, 0) is 16.6 Å². The van der Waals surface area contributed by atoms with E-state index in [1.165, 1.54) is 25.2 Å². The monoisotopic (exact) mass is 440 g/mol. The van der Waals surface area contributed by atoms with E-state index in [1.54, 1.807) is 24.3 Å². The van der Waals surface area contributed by atoms with E-state index in [-0.39, 0.29) is 21.6 Å². The van der Waals surface area contributed by atoms with E-state index < -0.39 is 21.7 Å². The summed E-state index contributed by atoms with van der Waals surface area (Å²) >= 11 is 6.54. The van der Waals surface area contributed by atoms with Crippen LogP contribution in [0.3, 0.4) is 0 Å². The van der Waals surface area contributed by atoms with Gasteiger partial charge in [0.25, 0.3) is 15.9 Å². The number of benzene rings is 2. The third-order valence-corrected chi connectivity index (χ3v) is 6.90. The molecule has 1 heterocycles. The number of nitrogens with zero attached hydrogens (tertiary/aromatic N) is 3. The molecule has 11 heteroatoms. The molecule has 0 radical (unpaired) electrons. The van der Waals surface area contributed by atoms with Crippen molar-refractivity contribution in [2.45, 2.75) is 10.9 Å². The Bertz CT molecular complexity index is 1100. The molecule has 0 aliphatic carbocycles. The van der Waals surface area contributed by atoms with Crippen LogP contribution in [0.2, 0.25) is 5.02 Å². The van der Waals surface area contributed by atoms with Crippen molar-refractivity contribution in [3.63, 3.8) is 0 Å². The summed E-state index contributed by atoms with van der Waals surface area (Å²) in [5.74, 6) is -1.17. The maximum absolute atomic E-state index is 13.2. The lowest BCUT2D eigenvalue weighted by molar-refractivity contribution is 0.102. The van der Waals surface area contributed by atoms with Crippen LogP contribution in [-0.4, -0.2) is 35.9 Å². The van der Waals surface area contributed by atoms with E-state index in [9.17, 15) is 17.6 Å². The largest absolute Gasteiger partial charge is 0.296 e. The first-order chi connectivity index (χ1) is 13.3. The zero-order valence-electron chi connectivity index (χ0n) is 14.5. The number of halogens is 2. The molecule has 0 fully saturated rings. The van der Waals surface area contributed by atoms with Gasteiger partial charge in [-0.15, -0.1) is 10.2 Å². The van der Waals surface area contributed by atoms with Crippen molar-refractivity contribution in [1.29, 1.82) is 0 Å². The summed E-state index contributed by atoms with van der Waals surface area (Å²) < 4.78 is 39.4. The lowest BCUT2D eigenvalue weighted by Gasteiger charge is -2.14. The van der Waals surface area contributed by atoms with E-state index in [0.717, 1.165) is 15.9 Å². The molecule has 1 aromatic heterocycles. The van der Waals surface area contributed by atoms with Gasteiger partial charge in [0.05, 0.1) is 0 Å². The molecule has 0 atom stereocenters. The third kappa shape index (κ3) is 4.71. The number of carbonyl (C=O) groups is 1. The Balaban J connectivity index is 1.72. The molecule has 0 saturated carbocycles. The van der Waals surface area contributed by atoms with Crippen LogP contribution in [0, 0.1) is 5.82 Å². The second-order valence-electron chi connectivity index (χ2n) is 5.73. The van der Waals surface area contributed by atoms with Crippen LogP contribution in [0.1, 0.15) is 15.9 Å². The smallest absolute Gasteiger partial charge is 0.272 e. The van der Waals surface area contributed by atoms with Crippen LogP contribution < -0.4 is 5.32 Å². The standard InChI is InChI=1S/C17H14ClFN4O3S2/c1-23(10-11-5-7-13(18)8-6-11)28(25,26)17-22-21-16(27-17)20-15(24)12-3-2-4-14(19)9-12/h2-9H,10H2,1H3,(H,20,21,24). The Morgan fingerprint density at radius 1 is 1.21 bits per heavy atom. The number of anilines is 1. The molecule has 0 aliphatic heterocycles. The summed E-state index contributed by atoms with van der Waals surface area (Å²) in [4.78, 5) is 12.1. The zero-order valence-corrected chi connectivity index (χ0v) is 16.9. The summed E-state index contributed by atoms with van der Waals surface area (Å²) in [6.07, 6.45) is 0. The minimum Gasteiger partial charge on any atom is -0.296 e. The highest BCUT2D eigenvalue weighted by Gasteiger charge is 2.26. The van der Waals surface area contributed by atoms with Gasteiger partial charge in [-0.3, -0.25) is 10.1 Å². The minimum atomic E-state index is -3.90. The first-order valence-corrected chi connectivity index (χ1v) is 10.5. The molecule has 1 amide bonds. The predicted octanol–water partition coefficient (Wildman–Crippen LogP) is 3.40. The van der Waals surface area contributed by atoms with E-state index in [2.05, 4.69) is 15.5 Å². The fourth-order valence-electron chi connectivity index (χ4n) is 2.23. The van der Waals surface area contributed by atoms with Gasteiger partial charge >= 0.3 is 0 Å². The average molecular weight is 441 g/mol. The molecule has 28 heavy (non-hydrogen) atoms. The fraction of sp³-hybridized carbons (Fsp3) is 0.118. The van der Waals surface area contributed by atoms with Crippen molar-refractivity contribution in [3.05, 3.63) is 70.5 Å². The lowest BCUT2D eigenvalue weighted by Crippen LogP contribution is -2.26. The Kier molecular flexibility index (Phi) is 6.04. The molecule has 3 rings (SSSR count). The van der Waals surface area contributed by atoms with Gasteiger partial charge in [0, 0.05) is 24.2 Å². The predicted molar refractivity (Wildman–Crippen MR) is 104 cm³/mol. The molecular weight excluding hydrogens is 427 g/mol. The Morgan fingerprint density at radius 2 is 1.93 bits per heavy atom. The molecule has 0 bridgehead atoms. The molecule has 3 aromatic rings. The van der Waals surface area contributed by atoms with Crippen molar-refractivity contribution in [2.24, 2.45) is 0 Å². The van der Waals surface area contributed by atoms with Crippen molar-refractivity contribution in [3.8, 4) is 0 Å². The van der Waals surface area contributed by atoms with E-state index in [4.69, 9.17) is 11.6 Å². The van der Waals surface area contributed by atoms with Gasteiger partial charge in [-0.1, -0.05) is 41.1 Å². The Hall–Kier alpha value is -2.40. The number of rotatable bonds is 6. The van der Waals surface area contributed by atoms with Crippen molar-refractivity contribution >= 4 is 44.0 Å². The second-order valence-corrected chi connectivity index (χ2v) is 9.36. The van der Waals surface area contributed by atoms with Gasteiger partial charge in [0.1, 0.15) is 5.82 Å². The SMILES string of the molecule is CN(Cc1ccc(Cl)cc1)S(=O)(=O)c1nnc(NC(=O)c2cccc(F)c2)s1. The van der Waals surface area contributed by atoms with Gasteiger partial charge in [-0.25, -0.2) is 12.8 Å². The number of hydrogen-bond donors (Lipinski definition) is 1. The van der Waals surface area contributed by atoms with Gasteiger partial charge in [0.15, 0.2) is 0 Å². The van der Waals surface area contributed by atoms with Gasteiger partial charge in [-0.05, 0) is 35.9 Å². The lowest BCUT2D eigenvalue weighted by atomic mass is 10.2. The molecule has 7 nitrogen and oxygen atoms in total. The van der Waals surface area contributed by atoms with Crippen LogP contribution in [0.25, 0.3) is 0 Å². The van der Waals surface area contributed by atoms with Crippen molar-refractivity contribution < 1.29 is 17.6 Å².